The molecule has 0 amide bonds. The van der Waals surface area contributed by atoms with Crippen molar-refractivity contribution in [1.82, 2.24) is 35.1 Å². The van der Waals surface area contributed by atoms with Crippen LogP contribution in [0.2, 0.25) is 0 Å². The first-order chi connectivity index (χ1) is 18.8. The molecule has 0 aliphatic carbocycles. The first-order valence-electron chi connectivity index (χ1n) is 13.4. The maximum atomic E-state index is 13.9. The molecule has 39 heavy (non-hydrogen) atoms. The van der Waals surface area contributed by atoms with Gasteiger partial charge in [0, 0.05) is 36.4 Å². The van der Waals surface area contributed by atoms with Gasteiger partial charge in [0.25, 0.3) is 5.56 Å². The van der Waals surface area contributed by atoms with Gasteiger partial charge in [0.15, 0.2) is 5.82 Å². The first-order valence-corrected chi connectivity index (χ1v) is 13.4. The van der Waals surface area contributed by atoms with Crippen LogP contribution < -0.4 is 5.56 Å². The molecular formula is C31H35N7O. The van der Waals surface area contributed by atoms with E-state index in [0.717, 1.165) is 39.6 Å². The molecule has 1 N–H and O–H groups in total. The molecule has 3 heterocycles. The van der Waals surface area contributed by atoms with E-state index in [1.165, 1.54) is 0 Å². The second kappa shape index (κ2) is 10.9. The highest BCUT2D eigenvalue weighted by Crippen LogP contribution is 2.33. The monoisotopic (exact) mass is 521 g/mol. The molecule has 0 saturated heterocycles. The fourth-order valence-electron chi connectivity index (χ4n) is 5.02. The molecule has 0 spiro atoms. The van der Waals surface area contributed by atoms with E-state index in [2.05, 4.69) is 82.4 Å². The SMILES string of the molecule is CCC(C)(C)n1nnnc1[C@H](c1cc2c(C)ccc(C)c2[nH]c1=O)N(Cc1ccccc1)Cc1cccnc1. The van der Waals surface area contributed by atoms with Crippen LogP contribution in [0.25, 0.3) is 10.9 Å². The lowest BCUT2D eigenvalue weighted by Crippen LogP contribution is -2.38. The molecule has 200 valence electrons. The zero-order chi connectivity index (χ0) is 27.6. The van der Waals surface area contributed by atoms with Crippen molar-refractivity contribution < 1.29 is 0 Å². The third-order valence-electron chi connectivity index (χ3n) is 7.65. The molecular weight excluding hydrogens is 486 g/mol. The summed E-state index contributed by atoms with van der Waals surface area (Å²) in [6, 6.07) is 19.9. The minimum atomic E-state index is -0.515. The molecule has 0 unspecified atom stereocenters. The third kappa shape index (κ3) is 5.38. The van der Waals surface area contributed by atoms with E-state index in [1.807, 2.05) is 54.2 Å². The Morgan fingerprint density at radius 2 is 1.69 bits per heavy atom. The molecule has 5 aromatic rings. The summed E-state index contributed by atoms with van der Waals surface area (Å²) in [7, 11) is 0. The number of H-pyrrole nitrogens is 1. The lowest BCUT2D eigenvalue weighted by atomic mass is 9.97. The lowest BCUT2D eigenvalue weighted by molar-refractivity contribution is 0.180. The van der Waals surface area contributed by atoms with Gasteiger partial charge in [-0.2, -0.15) is 0 Å². The Bertz CT molecular complexity index is 1580. The van der Waals surface area contributed by atoms with Crippen molar-refractivity contribution in [3.05, 3.63) is 117 Å². The van der Waals surface area contributed by atoms with Crippen LogP contribution in [0, 0.1) is 13.8 Å². The highest BCUT2D eigenvalue weighted by atomic mass is 16.1. The maximum absolute atomic E-state index is 13.9. The number of hydrogen-bond acceptors (Lipinski definition) is 6. The Kier molecular flexibility index (Phi) is 7.39. The van der Waals surface area contributed by atoms with Crippen LogP contribution in [0.3, 0.4) is 0 Å². The predicted octanol–water partition coefficient (Wildman–Crippen LogP) is 5.46. The molecule has 0 aliphatic heterocycles. The van der Waals surface area contributed by atoms with Crippen molar-refractivity contribution in [3.8, 4) is 0 Å². The van der Waals surface area contributed by atoms with Crippen LogP contribution in [-0.4, -0.2) is 35.1 Å². The number of pyridine rings is 2. The standard InChI is InChI=1S/C31H35N7O/c1-6-31(4,5)38-29(34-35-36-38)28(26-17-25-21(2)14-15-22(3)27(25)33-30(26)39)37(19-23-11-8-7-9-12-23)20-24-13-10-16-32-18-24/h7-18,28H,6,19-20H2,1-5H3,(H,33,39)/t28-/m0/s1. The highest BCUT2D eigenvalue weighted by Gasteiger charge is 2.34. The topological polar surface area (TPSA) is 92.6 Å². The lowest BCUT2D eigenvalue weighted by Gasteiger charge is -2.33. The Morgan fingerprint density at radius 3 is 2.41 bits per heavy atom. The third-order valence-corrected chi connectivity index (χ3v) is 7.65. The Labute approximate surface area is 228 Å². The van der Waals surface area contributed by atoms with Gasteiger partial charge >= 0.3 is 0 Å². The molecule has 0 radical (unpaired) electrons. The van der Waals surface area contributed by atoms with E-state index in [4.69, 9.17) is 0 Å². The van der Waals surface area contributed by atoms with Crippen molar-refractivity contribution in [2.75, 3.05) is 0 Å². The number of nitrogens with one attached hydrogen (secondary N) is 1. The van der Waals surface area contributed by atoms with Gasteiger partial charge in [0.2, 0.25) is 0 Å². The zero-order valence-electron chi connectivity index (χ0n) is 23.2. The number of hydrogen-bond donors (Lipinski definition) is 1. The van der Waals surface area contributed by atoms with Gasteiger partial charge in [-0.1, -0.05) is 55.5 Å². The van der Waals surface area contributed by atoms with Crippen molar-refractivity contribution >= 4 is 10.9 Å². The van der Waals surface area contributed by atoms with Crippen LogP contribution in [0.1, 0.15) is 66.9 Å². The summed E-state index contributed by atoms with van der Waals surface area (Å²) in [4.78, 5) is 23.7. The quantitative estimate of drug-likeness (QED) is 0.277. The molecule has 8 nitrogen and oxygen atoms in total. The molecule has 2 aromatic carbocycles. The van der Waals surface area contributed by atoms with Crippen molar-refractivity contribution in [3.63, 3.8) is 0 Å². The number of fused-ring (bicyclic) bond motifs is 1. The van der Waals surface area contributed by atoms with Crippen LogP contribution in [0.5, 0.6) is 0 Å². The summed E-state index contributed by atoms with van der Waals surface area (Å²) in [6.45, 7) is 11.6. The maximum Gasteiger partial charge on any atom is 0.253 e. The van der Waals surface area contributed by atoms with Gasteiger partial charge in [-0.3, -0.25) is 14.7 Å². The second-order valence-corrected chi connectivity index (χ2v) is 10.8. The second-order valence-electron chi connectivity index (χ2n) is 10.8. The van der Waals surface area contributed by atoms with E-state index in [1.54, 1.807) is 6.20 Å². The van der Waals surface area contributed by atoms with E-state index in [0.29, 0.717) is 24.5 Å². The number of tetrazole rings is 1. The van der Waals surface area contributed by atoms with E-state index < -0.39 is 6.04 Å². The number of aryl methyl sites for hydroxylation is 2. The van der Waals surface area contributed by atoms with Crippen LogP contribution in [-0.2, 0) is 18.6 Å². The van der Waals surface area contributed by atoms with Crippen molar-refractivity contribution in [2.45, 2.75) is 65.7 Å². The normalized spacial score (nSPS) is 12.8. The van der Waals surface area contributed by atoms with Gasteiger partial charge in [-0.05, 0) is 78.9 Å². The highest BCUT2D eigenvalue weighted by molar-refractivity contribution is 5.85. The molecule has 0 bridgehead atoms. The van der Waals surface area contributed by atoms with Gasteiger partial charge in [0.1, 0.15) is 6.04 Å². The predicted molar refractivity (Wildman–Crippen MR) is 153 cm³/mol. The summed E-state index contributed by atoms with van der Waals surface area (Å²) >= 11 is 0. The summed E-state index contributed by atoms with van der Waals surface area (Å²) < 4.78 is 1.88. The molecule has 0 aliphatic rings. The summed E-state index contributed by atoms with van der Waals surface area (Å²) in [5.74, 6) is 0.636. The van der Waals surface area contributed by atoms with Gasteiger partial charge < -0.3 is 4.98 Å². The van der Waals surface area contributed by atoms with Crippen LogP contribution in [0.4, 0.5) is 0 Å². The fraction of sp³-hybridized carbons (Fsp3) is 0.323. The van der Waals surface area contributed by atoms with Gasteiger partial charge in [0.05, 0.1) is 11.1 Å². The summed E-state index contributed by atoms with van der Waals surface area (Å²) in [6.07, 6.45) is 4.46. The van der Waals surface area contributed by atoms with E-state index in [-0.39, 0.29) is 11.1 Å². The molecule has 0 saturated carbocycles. The summed E-state index contributed by atoms with van der Waals surface area (Å²) in [5.41, 5.74) is 5.28. The molecule has 0 fully saturated rings. The van der Waals surface area contributed by atoms with Crippen LogP contribution >= 0.6 is 0 Å². The smallest absolute Gasteiger partial charge is 0.253 e. The molecule has 1 atom stereocenters. The average Bonchev–Trinajstić information content (AvgIpc) is 3.43. The largest absolute Gasteiger partial charge is 0.321 e. The Balaban J connectivity index is 1.77. The first kappa shape index (κ1) is 26.4. The minimum Gasteiger partial charge on any atom is -0.321 e. The number of rotatable bonds is 9. The zero-order valence-corrected chi connectivity index (χ0v) is 23.2. The minimum absolute atomic E-state index is 0.144. The van der Waals surface area contributed by atoms with E-state index in [9.17, 15) is 4.79 Å². The van der Waals surface area contributed by atoms with E-state index >= 15 is 0 Å². The number of aromatic nitrogens is 6. The molecule has 5 rings (SSSR count). The summed E-state index contributed by atoms with van der Waals surface area (Å²) in [5, 5.41) is 14.1. The number of nitrogens with zero attached hydrogens (tertiary/aromatic N) is 6. The Morgan fingerprint density at radius 1 is 0.974 bits per heavy atom. The van der Waals surface area contributed by atoms with Crippen molar-refractivity contribution in [1.29, 1.82) is 0 Å². The molecule has 3 aromatic heterocycles. The Hall–Kier alpha value is -4.17. The van der Waals surface area contributed by atoms with Gasteiger partial charge in [-0.25, -0.2) is 4.68 Å². The van der Waals surface area contributed by atoms with Gasteiger partial charge in [-0.15, -0.1) is 5.10 Å². The van der Waals surface area contributed by atoms with Crippen LogP contribution in [0.15, 0.2) is 77.9 Å². The van der Waals surface area contributed by atoms with Crippen molar-refractivity contribution in [2.24, 2.45) is 0 Å². The fourth-order valence-corrected chi connectivity index (χ4v) is 5.02. The average molecular weight is 522 g/mol. The molecule has 8 heteroatoms. The number of aromatic amines is 1. The number of benzene rings is 2.